The molecule has 0 bridgehead atoms. The van der Waals surface area contributed by atoms with Crippen molar-refractivity contribution >= 4 is 28.4 Å². The number of aryl methyl sites for hydroxylation is 1. The molecule has 1 atom stereocenters. The third kappa shape index (κ3) is 3.05. The molecule has 4 rings (SSSR count). The van der Waals surface area contributed by atoms with Crippen LogP contribution in [-0.4, -0.2) is 26.7 Å². The van der Waals surface area contributed by atoms with E-state index in [4.69, 9.17) is 4.74 Å². The van der Waals surface area contributed by atoms with Gasteiger partial charge in [0.15, 0.2) is 0 Å². The highest BCUT2D eigenvalue weighted by Gasteiger charge is 2.34. The van der Waals surface area contributed by atoms with Gasteiger partial charge in [-0.05, 0) is 31.2 Å². The number of amides is 1. The fraction of sp³-hybridized carbons (Fsp3) is 0.150. The molecule has 0 unspecified atom stereocenters. The number of non-ortho nitro benzene ring substituents is 1. The first kappa shape index (κ1) is 17.6. The average molecular weight is 376 g/mol. The number of fused-ring (bicyclic) bond motifs is 1. The number of carbonyl (C=O) groups excluding carboxylic acids is 1. The zero-order chi connectivity index (χ0) is 19.8. The Bertz CT molecular complexity index is 1120. The van der Waals surface area contributed by atoms with Crippen molar-refractivity contribution in [3.8, 4) is 0 Å². The molecule has 2 heterocycles. The highest BCUT2D eigenvalue weighted by atomic mass is 16.6. The van der Waals surface area contributed by atoms with E-state index in [1.54, 1.807) is 12.1 Å². The summed E-state index contributed by atoms with van der Waals surface area (Å²) in [5.41, 5.74) is 2.89. The lowest BCUT2D eigenvalue weighted by Crippen LogP contribution is -2.25. The summed E-state index contributed by atoms with van der Waals surface area (Å²) in [4.78, 5) is 27.1. The molecule has 8 heteroatoms. The van der Waals surface area contributed by atoms with Gasteiger partial charge in [-0.1, -0.05) is 18.2 Å². The molecule has 1 amide bonds. The molecular formula is C20H16N4O4. The molecule has 0 radical (unpaired) electrons. The topological polar surface area (TPSA) is 97.9 Å². The maximum atomic E-state index is 12.2. The van der Waals surface area contributed by atoms with Crippen molar-refractivity contribution in [1.82, 2.24) is 9.99 Å². The second-order valence-corrected chi connectivity index (χ2v) is 6.41. The number of ether oxygens (including phenoxy) is 1. The Morgan fingerprint density at radius 1 is 1.18 bits per heavy atom. The molecule has 0 aliphatic carbocycles. The average Bonchev–Trinajstić information content (AvgIpc) is 3.13. The van der Waals surface area contributed by atoms with E-state index < -0.39 is 11.2 Å². The summed E-state index contributed by atoms with van der Waals surface area (Å²) in [6.07, 6.45) is -0.741. The predicted octanol–water partition coefficient (Wildman–Crippen LogP) is 3.69. The van der Waals surface area contributed by atoms with Crippen LogP contribution >= 0.6 is 0 Å². The van der Waals surface area contributed by atoms with Crippen molar-refractivity contribution in [2.45, 2.75) is 20.1 Å². The number of benzene rings is 2. The van der Waals surface area contributed by atoms with Crippen LogP contribution in [0, 0.1) is 17.0 Å². The van der Waals surface area contributed by atoms with Crippen LogP contribution in [0.1, 0.15) is 30.0 Å². The van der Waals surface area contributed by atoms with Crippen LogP contribution in [0.3, 0.4) is 0 Å². The van der Waals surface area contributed by atoms with Crippen molar-refractivity contribution in [2.75, 3.05) is 0 Å². The number of nitrogens with zero attached hydrogens (tertiary/aromatic N) is 4. The van der Waals surface area contributed by atoms with E-state index in [0.29, 0.717) is 5.56 Å². The fourth-order valence-electron chi connectivity index (χ4n) is 3.16. The molecule has 0 N–H and O–H groups in total. The fourth-order valence-corrected chi connectivity index (χ4v) is 3.16. The smallest absolute Gasteiger partial charge is 0.269 e. The minimum Gasteiger partial charge on any atom is -0.446 e. The Labute approximate surface area is 160 Å². The highest BCUT2D eigenvalue weighted by Crippen LogP contribution is 2.34. The van der Waals surface area contributed by atoms with Crippen LogP contribution < -0.4 is 0 Å². The molecule has 8 nitrogen and oxygen atoms in total. The number of aromatic nitrogens is 1. The number of hydrogen-bond donors (Lipinski definition) is 0. The summed E-state index contributed by atoms with van der Waals surface area (Å²) in [6, 6.07) is 15.3. The zero-order valence-corrected chi connectivity index (χ0v) is 15.2. The summed E-state index contributed by atoms with van der Waals surface area (Å²) in [5.74, 6) is -0.0471. The van der Waals surface area contributed by atoms with Crippen molar-refractivity contribution in [3.63, 3.8) is 0 Å². The molecule has 3 aromatic rings. The molecule has 1 aliphatic heterocycles. The van der Waals surface area contributed by atoms with E-state index in [9.17, 15) is 14.9 Å². The van der Waals surface area contributed by atoms with E-state index in [1.165, 1.54) is 24.1 Å². The summed E-state index contributed by atoms with van der Waals surface area (Å²) in [6.45, 7) is 3.29. The monoisotopic (exact) mass is 376 g/mol. The predicted molar refractivity (Wildman–Crippen MR) is 102 cm³/mol. The van der Waals surface area contributed by atoms with Gasteiger partial charge in [-0.3, -0.25) is 19.9 Å². The van der Waals surface area contributed by atoms with Crippen molar-refractivity contribution in [3.05, 3.63) is 81.5 Å². The third-order valence-corrected chi connectivity index (χ3v) is 4.43. The lowest BCUT2D eigenvalue weighted by Gasteiger charge is -2.21. The first-order chi connectivity index (χ1) is 13.4. The highest BCUT2D eigenvalue weighted by molar-refractivity contribution is 5.97. The molecule has 0 fully saturated rings. The van der Waals surface area contributed by atoms with Gasteiger partial charge in [0.1, 0.15) is 0 Å². The molecule has 1 aliphatic rings. The Kier molecular flexibility index (Phi) is 4.23. The molecule has 1 aromatic heterocycles. The summed E-state index contributed by atoms with van der Waals surface area (Å²) in [7, 11) is 0. The maximum Gasteiger partial charge on any atom is 0.269 e. The number of rotatable bonds is 3. The number of pyridine rings is 1. The van der Waals surface area contributed by atoms with E-state index in [1.807, 2.05) is 37.3 Å². The van der Waals surface area contributed by atoms with Crippen LogP contribution in [-0.2, 0) is 9.53 Å². The van der Waals surface area contributed by atoms with Gasteiger partial charge in [0, 0.05) is 41.3 Å². The normalized spacial score (nSPS) is 16.0. The standard InChI is InChI=1S/C20H16N4O4/c1-12-11-17(16-5-3-4-6-18(16)21-12)20-23(13(2)25)22-19(28-20)14-7-9-15(10-8-14)24(26)27/h3-11,20H,1-2H3/t20-/m1/s1. The summed E-state index contributed by atoms with van der Waals surface area (Å²) in [5, 5.41) is 17.3. The van der Waals surface area contributed by atoms with Crippen LogP contribution in [0.2, 0.25) is 0 Å². The van der Waals surface area contributed by atoms with Crippen molar-refractivity contribution in [1.29, 1.82) is 0 Å². The minimum absolute atomic E-state index is 0.0296. The van der Waals surface area contributed by atoms with E-state index in [0.717, 1.165) is 22.2 Å². The largest absolute Gasteiger partial charge is 0.446 e. The molecule has 0 saturated carbocycles. The maximum absolute atomic E-state index is 12.2. The van der Waals surface area contributed by atoms with Crippen LogP contribution in [0.15, 0.2) is 59.7 Å². The number of nitro groups is 1. The van der Waals surface area contributed by atoms with Crippen molar-refractivity contribution < 1.29 is 14.5 Å². The molecule has 140 valence electrons. The van der Waals surface area contributed by atoms with Gasteiger partial charge in [-0.2, -0.15) is 5.01 Å². The molecule has 0 spiro atoms. The summed E-state index contributed by atoms with van der Waals surface area (Å²) >= 11 is 0. The van der Waals surface area contributed by atoms with Gasteiger partial charge in [0.05, 0.1) is 10.4 Å². The second-order valence-electron chi connectivity index (χ2n) is 6.41. The minimum atomic E-state index is -0.741. The van der Waals surface area contributed by atoms with E-state index in [2.05, 4.69) is 10.1 Å². The van der Waals surface area contributed by atoms with Gasteiger partial charge in [-0.25, -0.2) is 0 Å². The van der Waals surface area contributed by atoms with Crippen LogP contribution in [0.25, 0.3) is 10.9 Å². The van der Waals surface area contributed by atoms with Gasteiger partial charge in [-0.15, -0.1) is 5.10 Å². The lowest BCUT2D eigenvalue weighted by molar-refractivity contribution is -0.384. The van der Waals surface area contributed by atoms with Crippen LogP contribution in [0.5, 0.6) is 0 Å². The SMILES string of the molecule is CC(=O)N1N=C(c2ccc([N+](=O)[O-])cc2)O[C@@H]1c1cc(C)nc2ccccc12. The van der Waals surface area contributed by atoms with Gasteiger partial charge < -0.3 is 4.74 Å². The molecule has 28 heavy (non-hydrogen) atoms. The van der Waals surface area contributed by atoms with Gasteiger partial charge >= 0.3 is 0 Å². The molecule has 0 saturated heterocycles. The summed E-state index contributed by atoms with van der Waals surface area (Å²) < 4.78 is 6.03. The number of nitro benzene ring substituents is 1. The quantitative estimate of drug-likeness (QED) is 0.513. The Balaban J connectivity index is 1.76. The second kappa shape index (κ2) is 6.73. The number of hydrogen-bond acceptors (Lipinski definition) is 6. The first-order valence-electron chi connectivity index (χ1n) is 8.60. The third-order valence-electron chi connectivity index (χ3n) is 4.43. The molecule has 2 aromatic carbocycles. The van der Waals surface area contributed by atoms with E-state index >= 15 is 0 Å². The van der Waals surface area contributed by atoms with E-state index in [-0.39, 0.29) is 17.5 Å². The number of para-hydroxylation sites is 1. The lowest BCUT2D eigenvalue weighted by atomic mass is 10.1. The van der Waals surface area contributed by atoms with Gasteiger partial charge in [0.2, 0.25) is 18.0 Å². The zero-order valence-electron chi connectivity index (χ0n) is 15.2. The first-order valence-corrected chi connectivity index (χ1v) is 8.60. The Morgan fingerprint density at radius 2 is 1.89 bits per heavy atom. The van der Waals surface area contributed by atoms with Crippen LogP contribution in [0.4, 0.5) is 5.69 Å². The van der Waals surface area contributed by atoms with Crippen molar-refractivity contribution in [2.24, 2.45) is 5.10 Å². The number of carbonyl (C=O) groups is 1. The Hall–Kier alpha value is -3.81. The number of hydrazone groups is 1. The van der Waals surface area contributed by atoms with Gasteiger partial charge in [0.25, 0.3) is 5.69 Å². The molecular weight excluding hydrogens is 360 g/mol. The Morgan fingerprint density at radius 3 is 2.57 bits per heavy atom.